The molecule has 0 radical (unpaired) electrons. The van der Waals surface area contributed by atoms with Crippen molar-refractivity contribution in [2.75, 3.05) is 0 Å². The number of rotatable bonds is 2. The van der Waals surface area contributed by atoms with E-state index in [9.17, 15) is 4.79 Å². The van der Waals surface area contributed by atoms with Crippen molar-refractivity contribution in [2.24, 2.45) is 0 Å². The number of thioether (sulfide) groups is 1. The van der Waals surface area contributed by atoms with Crippen molar-refractivity contribution in [3.63, 3.8) is 0 Å². The highest BCUT2D eigenvalue weighted by Crippen LogP contribution is 2.32. The molecule has 0 saturated heterocycles. The molecule has 1 atom stereocenters. The van der Waals surface area contributed by atoms with Gasteiger partial charge in [0, 0.05) is 21.9 Å². The second kappa shape index (κ2) is 5.61. The van der Waals surface area contributed by atoms with E-state index >= 15 is 0 Å². The quantitative estimate of drug-likeness (QED) is 0.858. The van der Waals surface area contributed by atoms with Gasteiger partial charge in [-0.1, -0.05) is 30.0 Å². The molecule has 92 valence electrons. The number of allylic oxidation sites excluding steroid dienone is 1. The van der Waals surface area contributed by atoms with Crippen LogP contribution in [0.4, 0.5) is 4.79 Å². The normalized spacial score (nSPS) is 19.6. The van der Waals surface area contributed by atoms with Crippen LogP contribution >= 0.6 is 11.8 Å². The number of nitrogens with zero attached hydrogens (tertiary/aromatic N) is 1. The van der Waals surface area contributed by atoms with Crippen molar-refractivity contribution < 1.29 is 4.79 Å². The second-order valence-electron chi connectivity index (χ2n) is 3.95. The topological polar surface area (TPSA) is 64.9 Å². The lowest BCUT2D eigenvalue weighted by Crippen LogP contribution is -2.38. The molecule has 0 aromatic heterocycles. The molecule has 2 amide bonds. The van der Waals surface area contributed by atoms with Gasteiger partial charge in [0.2, 0.25) is 0 Å². The molecule has 0 aliphatic carbocycles. The third-order valence-electron chi connectivity index (χ3n) is 2.55. The van der Waals surface area contributed by atoms with E-state index in [4.69, 9.17) is 5.26 Å². The van der Waals surface area contributed by atoms with Crippen LogP contribution in [0.25, 0.3) is 0 Å². The van der Waals surface area contributed by atoms with Crippen LogP contribution in [0, 0.1) is 11.3 Å². The van der Waals surface area contributed by atoms with Gasteiger partial charge in [-0.2, -0.15) is 5.26 Å². The van der Waals surface area contributed by atoms with Crippen LogP contribution in [0.2, 0.25) is 0 Å². The van der Waals surface area contributed by atoms with Crippen molar-refractivity contribution in [1.29, 1.82) is 5.26 Å². The first kappa shape index (κ1) is 12.5. The molecule has 1 heterocycles. The van der Waals surface area contributed by atoms with E-state index in [1.54, 1.807) is 11.8 Å². The summed E-state index contributed by atoms with van der Waals surface area (Å²) in [4.78, 5) is 13.5. The molecule has 0 fully saturated rings. The van der Waals surface area contributed by atoms with E-state index in [2.05, 4.69) is 16.7 Å². The molecule has 0 saturated carbocycles. The Morgan fingerprint density at radius 3 is 2.78 bits per heavy atom. The molecule has 1 unspecified atom stereocenters. The zero-order valence-corrected chi connectivity index (χ0v) is 10.8. The SMILES string of the molecule is CC1=C(Sc2ccccc2)CC(C#N)NC(=O)N1. The number of carbonyl (C=O) groups excluding carboxylic acids is 1. The number of hydrogen-bond donors (Lipinski definition) is 2. The number of hydrogen-bond acceptors (Lipinski definition) is 3. The summed E-state index contributed by atoms with van der Waals surface area (Å²) < 4.78 is 0. The van der Waals surface area contributed by atoms with Gasteiger partial charge in [-0.25, -0.2) is 4.79 Å². The van der Waals surface area contributed by atoms with Gasteiger partial charge in [0.25, 0.3) is 0 Å². The van der Waals surface area contributed by atoms with Crippen molar-refractivity contribution in [1.82, 2.24) is 10.6 Å². The zero-order valence-electron chi connectivity index (χ0n) is 9.93. The highest BCUT2D eigenvalue weighted by molar-refractivity contribution is 8.03. The van der Waals surface area contributed by atoms with Gasteiger partial charge in [0.05, 0.1) is 6.07 Å². The zero-order chi connectivity index (χ0) is 13.0. The fraction of sp³-hybridized carbons (Fsp3) is 0.231. The summed E-state index contributed by atoms with van der Waals surface area (Å²) in [7, 11) is 0. The van der Waals surface area contributed by atoms with E-state index in [0.717, 1.165) is 15.5 Å². The number of benzene rings is 1. The van der Waals surface area contributed by atoms with E-state index in [-0.39, 0.29) is 6.03 Å². The molecule has 18 heavy (non-hydrogen) atoms. The number of carbonyl (C=O) groups is 1. The van der Waals surface area contributed by atoms with Crippen LogP contribution in [0.5, 0.6) is 0 Å². The first-order chi connectivity index (χ1) is 8.69. The summed E-state index contributed by atoms with van der Waals surface area (Å²) in [5.74, 6) is 0. The van der Waals surface area contributed by atoms with Crippen LogP contribution < -0.4 is 10.6 Å². The lowest BCUT2D eigenvalue weighted by Gasteiger charge is -2.09. The molecule has 1 aliphatic rings. The largest absolute Gasteiger partial charge is 0.322 e. The molecule has 2 rings (SSSR count). The van der Waals surface area contributed by atoms with E-state index in [1.807, 2.05) is 37.3 Å². The van der Waals surface area contributed by atoms with Gasteiger partial charge in [0.1, 0.15) is 6.04 Å². The van der Waals surface area contributed by atoms with Gasteiger partial charge in [-0.05, 0) is 19.1 Å². The smallest absolute Gasteiger partial charge is 0.320 e. The average Bonchev–Trinajstić information content (AvgIpc) is 2.50. The monoisotopic (exact) mass is 259 g/mol. The van der Waals surface area contributed by atoms with E-state index in [1.165, 1.54) is 0 Å². The Morgan fingerprint density at radius 2 is 2.11 bits per heavy atom. The molecule has 0 spiro atoms. The number of nitriles is 1. The van der Waals surface area contributed by atoms with Crippen LogP contribution in [0.15, 0.2) is 45.8 Å². The first-order valence-corrected chi connectivity index (χ1v) is 6.40. The third-order valence-corrected chi connectivity index (χ3v) is 3.78. The summed E-state index contributed by atoms with van der Waals surface area (Å²) in [6, 6.07) is 11.2. The molecule has 5 heteroatoms. The van der Waals surface area contributed by atoms with Crippen molar-refractivity contribution in [3.8, 4) is 6.07 Å². The Bertz CT molecular complexity index is 519. The molecule has 1 aromatic carbocycles. The maximum absolute atomic E-state index is 11.4. The van der Waals surface area contributed by atoms with Crippen molar-refractivity contribution in [2.45, 2.75) is 24.3 Å². The number of amides is 2. The lowest BCUT2D eigenvalue weighted by molar-refractivity contribution is 0.242. The summed E-state index contributed by atoms with van der Waals surface area (Å²) in [5, 5.41) is 14.3. The van der Waals surface area contributed by atoms with Gasteiger partial charge < -0.3 is 10.6 Å². The Morgan fingerprint density at radius 1 is 1.39 bits per heavy atom. The summed E-state index contributed by atoms with van der Waals surface area (Å²) >= 11 is 1.58. The van der Waals surface area contributed by atoms with Crippen LogP contribution in [-0.4, -0.2) is 12.1 Å². The maximum Gasteiger partial charge on any atom is 0.320 e. The second-order valence-corrected chi connectivity index (χ2v) is 5.12. The lowest BCUT2D eigenvalue weighted by atomic mass is 10.2. The predicted molar refractivity (Wildman–Crippen MR) is 70.7 cm³/mol. The maximum atomic E-state index is 11.4. The molecule has 1 aromatic rings. The van der Waals surface area contributed by atoms with Gasteiger partial charge in [0.15, 0.2) is 0 Å². The molecule has 4 nitrogen and oxygen atoms in total. The minimum atomic E-state index is -0.478. The highest BCUT2D eigenvalue weighted by Gasteiger charge is 2.20. The number of nitrogens with one attached hydrogen (secondary N) is 2. The Labute approximate surface area is 110 Å². The average molecular weight is 259 g/mol. The summed E-state index contributed by atoms with van der Waals surface area (Å²) in [6.07, 6.45) is 0.528. The highest BCUT2D eigenvalue weighted by atomic mass is 32.2. The van der Waals surface area contributed by atoms with Gasteiger partial charge in [-0.15, -0.1) is 0 Å². The molecule has 1 aliphatic heterocycles. The molecule has 0 bridgehead atoms. The van der Waals surface area contributed by atoms with Crippen LogP contribution in [0.3, 0.4) is 0 Å². The minimum Gasteiger partial charge on any atom is -0.322 e. The first-order valence-electron chi connectivity index (χ1n) is 5.59. The predicted octanol–water partition coefficient (Wildman–Crippen LogP) is 2.61. The molecule has 2 N–H and O–H groups in total. The fourth-order valence-corrected chi connectivity index (χ4v) is 2.68. The van der Waals surface area contributed by atoms with Crippen molar-refractivity contribution >= 4 is 17.8 Å². The third kappa shape index (κ3) is 3.05. The molecular formula is C13H13N3OS. The summed E-state index contributed by atoms with van der Waals surface area (Å²) in [6.45, 7) is 1.85. The Balaban J connectivity index is 2.21. The van der Waals surface area contributed by atoms with Crippen molar-refractivity contribution in [3.05, 3.63) is 40.9 Å². The minimum absolute atomic E-state index is 0.317. The van der Waals surface area contributed by atoms with Gasteiger partial charge >= 0.3 is 6.03 Å². The van der Waals surface area contributed by atoms with E-state index < -0.39 is 6.04 Å². The fourth-order valence-electron chi connectivity index (χ4n) is 1.65. The summed E-state index contributed by atoms with van der Waals surface area (Å²) in [5.41, 5.74) is 0.805. The standard InChI is InChI=1S/C13H13N3OS/c1-9-12(18-11-5-3-2-4-6-11)7-10(8-14)16-13(17)15-9/h2-6,10H,7H2,1H3,(H2,15,16,17). The van der Waals surface area contributed by atoms with E-state index in [0.29, 0.717) is 6.42 Å². The number of urea groups is 1. The van der Waals surface area contributed by atoms with Crippen LogP contribution in [-0.2, 0) is 0 Å². The molecular weight excluding hydrogens is 246 g/mol. The Kier molecular flexibility index (Phi) is 3.90. The van der Waals surface area contributed by atoms with Gasteiger partial charge in [-0.3, -0.25) is 0 Å². The van der Waals surface area contributed by atoms with Crippen LogP contribution in [0.1, 0.15) is 13.3 Å². The Hall–Kier alpha value is -1.93.